The standard InChI is InChI=1S/C11H15F2NO/c1-7(15)6-14-8(2)9-4-3-5-10(12)11(9)13/h3-5,7-8,14-15H,6H2,1-2H3/t7-,8?/m1/s1. The molecule has 0 saturated carbocycles. The molecule has 0 heterocycles. The van der Waals surface area contributed by atoms with Crippen LogP contribution in [0.2, 0.25) is 0 Å². The maximum atomic E-state index is 13.3. The molecule has 0 saturated heterocycles. The first-order valence-electron chi connectivity index (χ1n) is 4.87. The van der Waals surface area contributed by atoms with Crippen LogP contribution in [0.25, 0.3) is 0 Å². The zero-order valence-electron chi connectivity index (χ0n) is 8.80. The molecule has 1 aromatic carbocycles. The third kappa shape index (κ3) is 3.25. The van der Waals surface area contributed by atoms with E-state index in [1.54, 1.807) is 13.8 Å². The molecular weight excluding hydrogens is 200 g/mol. The lowest BCUT2D eigenvalue weighted by Gasteiger charge is -2.16. The van der Waals surface area contributed by atoms with Gasteiger partial charge in [-0.3, -0.25) is 0 Å². The summed E-state index contributed by atoms with van der Waals surface area (Å²) in [6, 6.07) is 3.75. The average Bonchev–Trinajstić information content (AvgIpc) is 2.18. The summed E-state index contributed by atoms with van der Waals surface area (Å²) in [7, 11) is 0. The summed E-state index contributed by atoms with van der Waals surface area (Å²) in [5.41, 5.74) is 0.274. The molecule has 4 heteroatoms. The van der Waals surface area contributed by atoms with Crippen LogP contribution in [-0.4, -0.2) is 17.8 Å². The summed E-state index contributed by atoms with van der Waals surface area (Å²) in [4.78, 5) is 0. The molecule has 2 nitrogen and oxygen atoms in total. The number of benzene rings is 1. The monoisotopic (exact) mass is 215 g/mol. The van der Waals surface area contributed by atoms with E-state index in [1.165, 1.54) is 12.1 Å². The van der Waals surface area contributed by atoms with E-state index in [9.17, 15) is 8.78 Å². The minimum atomic E-state index is -0.849. The van der Waals surface area contributed by atoms with Gasteiger partial charge in [-0.2, -0.15) is 0 Å². The van der Waals surface area contributed by atoms with Crippen LogP contribution in [0.5, 0.6) is 0 Å². The molecule has 1 aromatic rings. The van der Waals surface area contributed by atoms with Crippen molar-refractivity contribution in [3.05, 3.63) is 35.4 Å². The van der Waals surface area contributed by atoms with Crippen molar-refractivity contribution in [3.8, 4) is 0 Å². The molecule has 15 heavy (non-hydrogen) atoms. The molecule has 0 aliphatic carbocycles. The number of hydrogen-bond acceptors (Lipinski definition) is 2. The normalized spacial score (nSPS) is 15.0. The first-order chi connectivity index (χ1) is 7.02. The van der Waals surface area contributed by atoms with Crippen molar-refractivity contribution in [2.24, 2.45) is 0 Å². The average molecular weight is 215 g/mol. The Balaban J connectivity index is 2.73. The maximum absolute atomic E-state index is 13.3. The van der Waals surface area contributed by atoms with E-state index >= 15 is 0 Å². The molecule has 0 aliphatic heterocycles. The van der Waals surface area contributed by atoms with Gasteiger partial charge in [0.05, 0.1) is 6.10 Å². The van der Waals surface area contributed by atoms with Gasteiger partial charge in [0.15, 0.2) is 11.6 Å². The van der Waals surface area contributed by atoms with Crippen LogP contribution in [0, 0.1) is 11.6 Å². The van der Waals surface area contributed by atoms with Crippen LogP contribution < -0.4 is 5.32 Å². The second-order valence-electron chi connectivity index (χ2n) is 3.62. The van der Waals surface area contributed by atoms with Gasteiger partial charge in [-0.05, 0) is 19.9 Å². The van der Waals surface area contributed by atoms with E-state index in [0.29, 0.717) is 6.54 Å². The minimum absolute atomic E-state index is 0.274. The lowest BCUT2D eigenvalue weighted by atomic mass is 10.1. The van der Waals surface area contributed by atoms with Gasteiger partial charge < -0.3 is 10.4 Å². The number of rotatable bonds is 4. The molecule has 0 radical (unpaired) electrons. The van der Waals surface area contributed by atoms with Crippen LogP contribution in [0.4, 0.5) is 8.78 Å². The Kier molecular flexibility index (Phi) is 4.17. The first kappa shape index (κ1) is 12.1. The quantitative estimate of drug-likeness (QED) is 0.805. The Morgan fingerprint density at radius 1 is 1.33 bits per heavy atom. The van der Waals surface area contributed by atoms with Crippen molar-refractivity contribution in [3.63, 3.8) is 0 Å². The molecule has 0 aliphatic rings. The number of hydrogen-bond donors (Lipinski definition) is 2. The molecule has 1 rings (SSSR count). The molecule has 1 unspecified atom stereocenters. The van der Waals surface area contributed by atoms with Gasteiger partial charge in [-0.15, -0.1) is 0 Å². The second-order valence-corrected chi connectivity index (χ2v) is 3.62. The van der Waals surface area contributed by atoms with Gasteiger partial charge in [-0.1, -0.05) is 12.1 Å². The number of aliphatic hydroxyl groups is 1. The molecule has 84 valence electrons. The molecular formula is C11H15F2NO. The Morgan fingerprint density at radius 2 is 2.00 bits per heavy atom. The first-order valence-corrected chi connectivity index (χ1v) is 4.87. The zero-order chi connectivity index (χ0) is 11.4. The smallest absolute Gasteiger partial charge is 0.163 e. The van der Waals surface area contributed by atoms with Crippen LogP contribution in [0.15, 0.2) is 18.2 Å². The lowest BCUT2D eigenvalue weighted by Crippen LogP contribution is -2.27. The van der Waals surface area contributed by atoms with E-state index < -0.39 is 17.7 Å². The lowest BCUT2D eigenvalue weighted by molar-refractivity contribution is 0.187. The Bertz CT molecular complexity index is 328. The highest BCUT2D eigenvalue weighted by Gasteiger charge is 2.13. The van der Waals surface area contributed by atoms with Crippen molar-refractivity contribution in [1.29, 1.82) is 0 Å². The van der Waals surface area contributed by atoms with E-state index in [2.05, 4.69) is 5.32 Å². The van der Waals surface area contributed by atoms with Gasteiger partial charge in [0.25, 0.3) is 0 Å². The van der Waals surface area contributed by atoms with Gasteiger partial charge in [0, 0.05) is 18.2 Å². The highest BCUT2D eigenvalue weighted by atomic mass is 19.2. The van der Waals surface area contributed by atoms with Crippen LogP contribution in [0.3, 0.4) is 0 Å². The third-order valence-electron chi connectivity index (χ3n) is 2.17. The maximum Gasteiger partial charge on any atom is 0.163 e. The van der Waals surface area contributed by atoms with E-state index in [0.717, 1.165) is 6.07 Å². The topological polar surface area (TPSA) is 32.3 Å². The zero-order valence-corrected chi connectivity index (χ0v) is 8.80. The fraction of sp³-hybridized carbons (Fsp3) is 0.455. The summed E-state index contributed by atoms with van der Waals surface area (Å²) in [5.74, 6) is -1.68. The predicted molar refractivity (Wildman–Crippen MR) is 54.5 cm³/mol. The van der Waals surface area contributed by atoms with Gasteiger partial charge in [0.1, 0.15) is 0 Å². The highest BCUT2D eigenvalue weighted by molar-refractivity contribution is 5.21. The van der Waals surface area contributed by atoms with Gasteiger partial charge in [0.2, 0.25) is 0 Å². The molecule has 0 amide bonds. The van der Waals surface area contributed by atoms with E-state index in [-0.39, 0.29) is 11.6 Å². The van der Waals surface area contributed by atoms with Crippen LogP contribution in [0.1, 0.15) is 25.5 Å². The second kappa shape index (κ2) is 5.19. The van der Waals surface area contributed by atoms with Crippen molar-refractivity contribution < 1.29 is 13.9 Å². The Labute approximate surface area is 87.9 Å². The van der Waals surface area contributed by atoms with Crippen molar-refractivity contribution in [2.45, 2.75) is 26.0 Å². The Hall–Kier alpha value is -1.00. The molecule has 0 spiro atoms. The Morgan fingerprint density at radius 3 is 2.60 bits per heavy atom. The summed E-state index contributed by atoms with van der Waals surface area (Å²) in [6.07, 6.45) is -0.510. The van der Waals surface area contributed by atoms with E-state index in [1.807, 2.05) is 0 Å². The number of aliphatic hydroxyl groups excluding tert-OH is 1. The fourth-order valence-corrected chi connectivity index (χ4v) is 1.31. The largest absolute Gasteiger partial charge is 0.392 e. The number of nitrogens with one attached hydrogen (secondary N) is 1. The van der Waals surface area contributed by atoms with E-state index in [4.69, 9.17) is 5.11 Å². The summed E-state index contributed by atoms with van der Waals surface area (Å²) < 4.78 is 26.2. The third-order valence-corrected chi connectivity index (χ3v) is 2.17. The molecule has 0 aromatic heterocycles. The molecule has 0 bridgehead atoms. The summed E-state index contributed by atoms with van der Waals surface area (Å²) in [6.45, 7) is 3.69. The highest BCUT2D eigenvalue weighted by Crippen LogP contribution is 2.18. The summed E-state index contributed by atoms with van der Waals surface area (Å²) >= 11 is 0. The van der Waals surface area contributed by atoms with Crippen molar-refractivity contribution in [2.75, 3.05) is 6.54 Å². The molecule has 2 N–H and O–H groups in total. The van der Waals surface area contributed by atoms with Gasteiger partial charge in [-0.25, -0.2) is 8.78 Å². The van der Waals surface area contributed by atoms with Crippen molar-refractivity contribution >= 4 is 0 Å². The summed E-state index contributed by atoms with van der Waals surface area (Å²) in [5, 5.41) is 12.0. The molecule has 0 fully saturated rings. The predicted octanol–water partition coefficient (Wildman–Crippen LogP) is 2.00. The van der Waals surface area contributed by atoms with Crippen LogP contribution in [-0.2, 0) is 0 Å². The van der Waals surface area contributed by atoms with Crippen LogP contribution >= 0.6 is 0 Å². The fourth-order valence-electron chi connectivity index (χ4n) is 1.31. The number of halogens is 2. The van der Waals surface area contributed by atoms with Crippen molar-refractivity contribution in [1.82, 2.24) is 5.32 Å². The minimum Gasteiger partial charge on any atom is -0.392 e. The SMILES string of the molecule is CC(NC[C@@H](C)O)c1cccc(F)c1F. The molecule has 2 atom stereocenters. The van der Waals surface area contributed by atoms with Gasteiger partial charge >= 0.3 is 0 Å².